The van der Waals surface area contributed by atoms with Crippen LogP contribution in [0, 0.1) is 0 Å². The maximum atomic E-state index is 13.1. The molecule has 0 spiro atoms. The number of benzene rings is 2. The van der Waals surface area contributed by atoms with Crippen LogP contribution in [0.25, 0.3) is 10.2 Å². The third kappa shape index (κ3) is 4.18. The van der Waals surface area contributed by atoms with Crippen molar-refractivity contribution in [2.75, 3.05) is 32.1 Å². The van der Waals surface area contributed by atoms with Crippen LogP contribution in [0.3, 0.4) is 0 Å². The van der Waals surface area contributed by atoms with E-state index in [2.05, 4.69) is 9.88 Å². The highest BCUT2D eigenvalue weighted by atomic mass is 35.5. The quantitative estimate of drug-likeness (QED) is 0.636. The van der Waals surface area contributed by atoms with Gasteiger partial charge < -0.3 is 4.90 Å². The van der Waals surface area contributed by atoms with E-state index in [4.69, 9.17) is 11.6 Å². The molecule has 0 saturated carbocycles. The average molecular weight is 374 g/mol. The lowest BCUT2D eigenvalue weighted by Gasteiger charge is -2.21. The Kier molecular flexibility index (Phi) is 5.68. The topological polar surface area (TPSA) is 36.4 Å². The summed E-state index contributed by atoms with van der Waals surface area (Å²) in [5.74, 6) is -0.108. The summed E-state index contributed by atoms with van der Waals surface area (Å²) < 4.78 is 1.07. The molecule has 2 aromatic carbocycles. The van der Waals surface area contributed by atoms with Gasteiger partial charge >= 0.3 is 0 Å². The monoisotopic (exact) mass is 373 g/mol. The van der Waals surface area contributed by atoms with Gasteiger partial charge in [0.15, 0.2) is 5.13 Å². The number of halogens is 1. The molecule has 0 bridgehead atoms. The lowest BCUT2D eigenvalue weighted by atomic mass is 10.2. The maximum Gasteiger partial charge on any atom is 0.261 e. The number of para-hydroxylation sites is 1. The van der Waals surface area contributed by atoms with Gasteiger partial charge in [0.2, 0.25) is 0 Å². The third-order valence-corrected chi connectivity index (χ3v) is 5.24. The summed E-state index contributed by atoms with van der Waals surface area (Å²) in [6.07, 6.45) is 0.860. The number of anilines is 1. The molecule has 1 amide bonds. The Morgan fingerprint density at radius 3 is 2.52 bits per heavy atom. The number of amides is 1. The van der Waals surface area contributed by atoms with Gasteiger partial charge in [0.05, 0.1) is 20.8 Å². The second-order valence-corrected chi connectivity index (χ2v) is 7.47. The van der Waals surface area contributed by atoms with Crippen molar-refractivity contribution in [3.63, 3.8) is 0 Å². The number of fused-ring (bicyclic) bond motifs is 1. The van der Waals surface area contributed by atoms with Crippen molar-refractivity contribution in [1.29, 1.82) is 0 Å². The largest absolute Gasteiger partial charge is 0.309 e. The smallest absolute Gasteiger partial charge is 0.261 e. The summed E-state index contributed by atoms with van der Waals surface area (Å²) in [4.78, 5) is 21.6. The molecule has 6 heteroatoms. The van der Waals surface area contributed by atoms with E-state index in [1.807, 2.05) is 50.5 Å². The summed E-state index contributed by atoms with van der Waals surface area (Å²) in [6.45, 7) is 1.50. The lowest BCUT2D eigenvalue weighted by molar-refractivity contribution is 0.0986. The predicted molar refractivity (Wildman–Crippen MR) is 106 cm³/mol. The molecule has 0 N–H and O–H groups in total. The van der Waals surface area contributed by atoms with Crippen LogP contribution in [0.1, 0.15) is 16.8 Å². The van der Waals surface area contributed by atoms with Gasteiger partial charge in [-0.05, 0) is 51.3 Å². The number of nitrogens with zero attached hydrogens (tertiary/aromatic N) is 3. The summed E-state index contributed by atoms with van der Waals surface area (Å²) in [5, 5.41) is 1.18. The number of thiazole rings is 1. The molecule has 0 aliphatic rings. The Labute approximate surface area is 156 Å². The first kappa shape index (κ1) is 17.9. The molecule has 0 saturated heterocycles. The SMILES string of the molecule is CN(C)CCCN(C(=O)c1ccccc1Cl)c1nc2ccccc2s1. The van der Waals surface area contributed by atoms with E-state index >= 15 is 0 Å². The summed E-state index contributed by atoms with van der Waals surface area (Å²) in [6, 6.07) is 15.1. The zero-order chi connectivity index (χ0) is 17.8. The second kappa shape index (κ2) is 7.95. The van der Waals surface area contributed by atoms with E-state index in [1.165, 1.54) is 11.3 Å². The fourth-order valence-electron chi connectivity index (χ4n) is 2.58. The van der Waals surface area contributed by atoms with Gasteiger partial charge in [0, 0.05) is 6.54 Å². The normalized spacial score (nSPS) is 11.2. The van der Waals surface area contributed by atoms with Crippen molar-refractivity contribution in [2.24, 2.45) is 0 Å². The molecule has 130 valence electrons. The Bertz CT molecular complexity index is 845. The third-order valence-electron chi connectivity index (χ3n) is 3.85. The lowest BCUT2D eigenvalue weighted by Crippen LogP contribution is -2.33. The van der Waals surface area contributed by atoms with E-state index in [0.29, 0.717) is 22.3 Å². The van der Waals surface area contributed by atoms with Gasteiger partial charge in [0.25, 0.3) is 5.91 Å². The number of carbonyl (C=O) groups is 1. The Morgan fingerprint density at radius 2 is 1.80 bits per heavy atom. The van der Waals surface area contributed by atoms with Crippen molar-refractivity contribution in [1.82, 2.24) is 9.88 Å². The molecule has 1 heterocycles. The van der Waals surface area contributed by atoms with E-state index in [-0.39, 0.29) is 5.91 Å². The molecule has 3 rings (SSSR count). The van der Waals surface area contributed by atoms with Gasteiger partial charge in [-0.2, -0.15) is 0 Å². The first-order chi connectivity index (χ1) is 12.1. The van der Waals surface area contributed by atoms with Crippen LogP contribution in [0.5, 0.6) is 0 Å². The van der Waals surface area contributed by atoms with Gasteiger partial charge in [-0.3, -0.25) is 9.69 Å². The number of hydrogen-bond acceptors (Lipinski definition) is 4. The molecule has 0 atom stereocenters. The van der Waals surface area contributed by atoms with E-state index < -0.39 is 0 Å². The minimum Gasteiger partial charge on any atom is -0.309 e. The molecule has 0 unspecified atom stereocenters. The standard InChI is InChI=1S/C19H20ClN3OS/c1-22(2)12-7-13-23(18(24)14-8-3-4-9-15(14)20)19-21-16-10-5-6-11-17(16)25-19/h3-6,8-11H,7,12-13H2,1-2H3. The van der Waals surface area contributed by atoms with Crippen LogP contribution in [-0.4, -0.2) is 43.0 Å². The first-order valence-electron chi connectivity index (χ1n) is 8.13. The highest BCUT2D eigenvalue weighted by molar-refractivity contribution is 7.22. The van der Waals surface area contributed by atoms with E-state index in [1.54, 1.807) is 17.0 Å². The Morgan fingerprint density at radius 1 is 1.08 bits per heavy atom. The minimum atomic E-state index is -0.108. The highest BCUT2D eigenvalue weighted by Gasteiger charge is 2.22. The van der Waals surface area contributed by atoms with Crippen LogP contribution < -0.4 is 4.90 Å². The van der Waals surface area contributed by atoms with Gasteiger partial charge in [-0.1, -0.05) is 47.2 Å². The van der Waals surface area contributed by atoms with Crippen molar-refractivity contribution in [2.45, 2.75) is 6.42 Å². The first-order valence-corrected chi connectivity index (χ1v) is 9.32. The maximum absolute atomic E-state index is 13.1. The Hall–Kier alpha value is -1.95. The fourth-order valence-corrected chi connectivity index (χ4v) is 3.79. The molecule has 1 aromatic heterocycles. The second-order valence-electron chi connectivity index (χ2n) is 6.06. The van der Waals surface area contributed by atoms with E-state index in [9.17, 15) is 4.79 Å². The van der Waals surface area contributed by atoms with Crippen LogP contribution >= 0.6 is 22.9 Å². The Balaban J connectivity index is 1.94. The van der Waals surface area contributed by atoms with Crippen LogP contribution in [0.4, 0.5) is 5.13 Å². The fraction of sp³-hybridized carbons (Fsp3) is 0.263. The molecule has 0 fully saturated rings. The summed E-state index contributed by atoms with van der Waals surface area (Å²) >= 11 is 7.77. The zero-order valence-electron chi connectivity index (χ0n) is 14.3. The number of hydrogen-bond donors (Lipinski definition) is 0. The van der Waals surface area contributed by atoms with Gasteiger partial charge in [-0.25, -0.2) is 4.98 Å². The van der Waals surface area contributed by atoms with Crippen LogP contribution in [0.15, 0.2) is 48.5 Å². The summed E-state index contributed by atoms with van der Waals surface area (Å²) in [7, 11) is 4.05. The molecule has 0 aliphatic carbocycles. The molecule has 25 heavy (non-hydrogen) atoms. The number of rotatable bonds is 6. The molecular formula is C19H20ClN3OS. The van der Waals surface area contributed by atoms with Crippen molar-refractivity contribution in [3.8, 4) is 0 Å². The summed E-state index contributed by atoms with van der Waals surface area (Å²) in [5.41, 5.74) is 1.42. The molecule has 4 nitrogen and oxygen atoms in total. The molecule has 3 aromatic rings. The van der Waals surface area contributed by atoms with Crippen molar-refractivity contribution >= 4 is 44.2 Å². The number of aromatic nitrogens is 1. The highest BCUT2D eigenvalue weighted by Crippen LogP contribution is 2.30. The van der Waals surface area contributed by atoms with Crippen molar-refractivity contribution in [3.05, 3.63) is 59.1 Å². The average Bonchev–Trinajstić information content (AvgIpc) is 3.02. The van der Waals surface area contributed by atoms with Gasteiger partial charge in [0.1, 0.15) is 0 Å². The van der Waals surface area contributed by atoms with Crippen LogP contribution in [0.2, 0.25) is 5.02 Å². The molecule has 0 radical (unpaired) electrons. The predicted octanol–water partition coefficient (Wildman–Crippen LogP) is 4.55. The van der Waals surface area contributed by atoms with Gasteiger partial charge in [-0.15, -0.1) is 0 Å². The molecule has 0 aliphatic heterocycles. The molecular weight excluding hydrogens is 354 g/mol. The minimum absolute atomic E-state index is 0.108. The van der Waals surface area contributed by atoms with Crippen LogP contribution in [-0.2, 0) is 0 Å². The zero-order valence-corrected chi connectivity index (χ0v) is 15.8. The van der Waals surface area contributed by atoms with E-state index in [0.717, 1.165) is 23.2 Å². The number of carbonyl (C=O) groups excluding carboxylic acids is 1. The van der Waals surface area contributed by atoms with Crippen molar-refractivity contribution < 1.29 is 4.79 Å².